The van der Waals surface area contributed by atoms with Gasteiger partial charge in [0.05, 0.1) is 11.1 Å². The van der Waals surface area contributed by atoms with E-state index in [0.717, 1.165) is 31.7 Å². The van der Waals surface area contributed by atoms with Crippen LogP contribution in [0.5, 0.6) is 5.75 Å². The molecule has 2 N–H and O–H groups in total. The third-order valence-electron chi connectivity index (χ3n) is 3.33. The Kier molecular flexibility index (Phi) is 4.97. The highest BCUT2D eigenvalue weighted by Gasteiger charge is 2.22. The number of nitrogens with zero attached hydrogens (tertiary/aromatic N) is 1. The number of hydrogen-bond acceptors (Lipinski definition) is 3. The van der Waals surface area contributed by atoms with Gasteiger partial charge in [-0.1, -0.05) is 6.07 Å². The highest BCUT2D eigenvalue weighted by Crippen LogP contribution is 2.31. The first kappa shape index (κ1) is 13.8. The van der Waals surface area contributed by atoms with Crippen LogP contribution in [0.4, 0.5) is 4.39 Å². The summed E-state index contributed by atoms with van der Waals surface area (Å²) >= 11 is 3.31. The molecule has 1 aromatic rings. The van der Waals surface area contributed by atoms with Crippen LogP contribution in [0, 0.1) is 0 Å². The minimum Gasteiger partial charge on any atom is -0.507 e. The van der Waals surface area contributed by atoms with E-state index in [1.807, 2.05) is 12.1 Å². The topological polar surface area (TPSA) is 35.5 Å². The quantitative estimate of drug-likeness (QED) is 0.895. The van der Waals surface area contributed by atoms with Crippen LogP contribution < -0.4 is 5.32 Å². The number of halogens is 2. The van der Waals surface area contributed by atoms with Gasteiger partial charge in [-0.2, -0.15) is 0 Å². The lowest BCUT2D eigenvalue weighted by Crippen LogP contribution is -2.45. The number of alkyl halides is 1. The zero-order valence-corrected chi connectivity index (χ0v) is 11.8. The maximum Gasteiger partial charge on any atom is 0.129 e. The molecule has 2 rings (SSSR count). The average Bonchev–Trinajstić information content (AvgIpc) is 2.40. The SMILES string of the molecule is Oc1ccc([C@H](CCF)N2CCNCC2)cc1Br. The first-order valence-electron chi connectivity index (χ1n) is 6.21. The van der Waals surface area contributed by atoms with Crippen LogP contribution in [-0.2, 0) is 0 Å². The fourth-order valence-electron chi connectivity index (χ4n) is 2.39. The van der Waals surface area contributed by atoms with Crippen LogP contribution in [0.25, 0.3) is 0 Å². The van der Waals surface area contributed by atoms with Crippen molar-refractivity contribution in [2.24, 2.45) is 0 Å². The highest BCUT2D eigenvalue weighted by atomic mass is 79.9. The van der Waals surface area contributed by atoms with Gasteiger partial charge in [-0.3, -0.25) is 9.29 Å². The molecular weight excluding hydrogens is 299 g/mol. The van der Waals surface area contributed by atoms with Gasteiger partial charge in [0, 0.05) is 32.2 Å². The maximum absolute atomic E-state index is 12.8. The van der Waals surface area contributed by atoms with Crippen molar-refractivity contribution in [1.82, 2.24) is 10.2 Å². The van der Waals surface area contributed by atoms with Crippen LogP contribution in [0.2, 0.25) is 0 Å². The normalized spacial score (nSPS) is 18.8. The van der Waals surface area contributed by atoms with Crippen molar-refractivity contribution in [3.05, 3.63) is 28.2 Å². The Bertz CT molecular complexity index is 397. The summed E-state index contributed by atoms with van der Waals surface area (Å²) in [6.45, 7) is 3.43. The van der Waals surface area contributed by atoms with E-state index in [1.54, 1.807) is 6.07 Å². The van der Waals surface area contributed by atoms with Crippen molar-refractivity contribution in [3.8, 4) is 5.75 Å². The second kappa shape index (κ2) is 6.50. The summed E-state index contributed by atoms with van der Waals surface area (Å²) in [6, 6.07) is 5.52. The molecule has 1 aliphatic rings. The Morgan fingerprint density at radius 1 is 1.39 bits per heavy atom. The molecule has 0 saturated carbocycles. The lowest BCUT2D eigenvalue weighted by Gasteiger charge is -2.35. The third-order valence-corrected chi connectivity index (χ3v) is 3.97. The Labute approximate surface area is 115 Å². The van der Waals surface area contributed by atoms with E-state index < -0.39 is 0 Å². The van der Waals surface area contributed by atoms with Crippen LogP contribution in [0.15, 0.2) is 22.7 Å². The standard InChI is InChI=1S/C13H18BrFN2O/c14-11-9-10(1-2-13(11)18)12(3-4-15)17-7-5-16-6-8-17/h1-2,9,12,16,18H,3-8H2/t12-/m0/s1. The smallest absolute Gasteiger partial charge is 0.129 e. The van der Waals surface area contributed by atoms with Crippen LogP contribution in [-0.4, -0.2) is 42.9 Å². The van der Waals surface area contributed by atoms with E-state index in [9.17, 15) is 9.50 Å². The molecule has 0 aromatic heterocycles. The summed E-state index contributed by atoms with van der Waals surface area (Å²) in [7, 11) is 0. The first-order valence-corrected chi connectivity index (χ1v) is 7.01. The number of piperazine rings is 1. The number of phenols is 1. The van der Waals surface area contributed by atoms with Gasteiger partial charge >= 0.3 is 0 Å². The van der Waals surface area contributed by atoms with Crippen molar-refractivity contribution >= 4 is 15.9 Å². The average molecular weight is 317 g/mol. The van der Waals surface area contributed by atoms with E-state index in [0.29, 0.717) is 10.9 Å². The van der Waals surface area contributed by atoms with Gasteiger partial charge < -0.3 is 10.4 Å². The van der Waals surface area contributed by atoms with E-state index in [1.165, 1.54) is 0 Å². The van der Waals surface area contributed by atoms with Crippen molar-refractivity contribution < 1.29 is 9.50 Å². The first-order chi connectivity index (χ1) is 8.72. The van der Waals surface area contributed by atoms with Gasteiger partial charge in [-0.05, 0) is 40.0 Å². The summed E-state index contributed by atoms with van der Waals surface area (Å²) in [4.78, 5) is 2.30. The molecule has 1 atom stereocenters. The van der Waals surface area contributed by atoms with Crippen molar-refractivity contribution in [3.63, 3.8) is 0 Å². The molecule has 0 radical (unpaired) electrons. The van der Waals surface area contributed by atoms with Gasteiger partial charge in [0.15, 0.2) is 0 Å². The largest absolute Gasteiger partial charge is 0.507 e. The molecule has 1 fully saturated rings. The Hall–Kier alpha value is -0.650. The van der Waals surface area contributed by atoms with Crippen LogP contribution in [0.1, 0.15) is 18.0 Å². The Morgan fingerprint density at radius 3 is 2.72 bits per heavy atom. The van der Waals surface area contributed by atoms with Crippen molar-refractivity contribution in [1.29, 1.82) is 0 Å². The molecule has 1 heterocycles. The molecule has 1 saturated heterocycles. The number of phenolic OH excluding ortho intramolecular Hbond substituents is 1. The van der Waals surface area contributed by atoms with Gasteiger partial charge in [0.25, 0.3) is 0 Å². The molecule has 0 bridgehead atoms. The monoisotopic (exact) mass is 316 g/mol. The number of nitrogens with one attached hydrogen (secondary N) is 1. The molecule has 0 spiro atoms. The predicted octanol–water partition coefficient (Wildman–Crippen LogP) is 2.46. The summed E-state index contributed by atoms with van der Waals surface area (Å²) in [6.07, 6.45) is 0.497. The van der Waals surface area contributed by atoms with E-state index in [-0.39, 0.29) is 18.5 Å². The fourth-order valence-corrected chi connectivity index (χ4v) is 2.78. The molecule has 0 amide bonds. The second-order valence-electron chi connectivity index (χ2n) is 4.49. The molecule has 1 aromatic carbocycles. The lowest BCUT2D eigenvalue weighted by atomic mass is 10.0. The number of rotatable bonds is 4. The van der Waals surface area contributed by atoms with E-state index >= 15 is 0 Å². The number of aromatic hydroxyl groups is 1. The van der Waals surface area contributed by atoms with Crippen molar-refractivity contribution in [2.75, 3.05) is 32.9 Å². The summed E-state index contributed by atoms with van der Waals surface area (Å²) in [5.41, 5.74) is 1.05. The minimum atomic E-state index is -0.326. The molecular formula is C13H18BrFN2O. The van der Waals surface area contributed by atoms with E-state index in [2.05, 4.69) is 26.1 Å². The molecule has 1 aliphatic heterocycles. The second-order valence-corrected chi connectivity index (χ2v) is 5.34. The van der Waals surface area contributed by atoms with Crippen molar-refractivity contribution in [2.45, 2.75) is 12.5 Å². The zero-order chi connectivity index (χ0) is 13.0. The molecule has 5 heteroatoms. The van der Waals surface area contributed by atoms with Gasteiger partial charge in [-0.15, -0.1) is 0 Å². The minimum absolute atomic E-state index is 0.0917. The summed E-state index contributed by atoms with van der Waals surface area (Å²) < 4.78 is 13.4. The van der Waals surface area contributed by atoms with E-state index in [4.69, 9.17) is 0 Å². The van der Waals surface area contributed by atoms with Gasteiger partial charge in [0.1, 0.15) is 5.75 Å². The molecule has 0 unspecified atom stereocenters. The molecule has 3 nitrogen and oxygen atoms in total. The Morgan fingerprint density at radius 2 is 2.11 bits per heavy atom. The molecule has 18 heavy (non-hydrogen) atoms. The zero-order valence-electron chi connectivity index (χ0n) is 10.2. The summed E-state index contributed by atoms with van der Waals surface area (Å²) in [5, 5.41) is 12.8. The number of hydrogen-bond donors (Lipinski definition) is 2. The predicted molar refractivity (Wildman–Crippen MR) is 73.6 cm³/mol. The molecule has 0 aliphatic carbocycles. The Balaban J connectivity index is 2.19. The number of benzene rings is 1. The van der Waals surface area contributed by atoms with Crippen LogP contribution >= 0.6 is 15.9 Å². The van der Waals surface area contributed by atoms with Crippen LogP contribution in [0.3, 0.4) is 0 Å². The lowest BCUT2D eigenvalue weighted by molar-refractivity contribution is 0.157. The third kappa shape index (κ3) is 3.22. The molecule has 100 valence electrons. The fraction of sp³-hybridized carbons (Fsp3) is 0.538. The summed E-state index contributed by atoms with van der Waals surface area (Å²) in [5.74, 6) is 0.220. The van der Waals surface area contributed by atoms with Gasteiger partial charge in [-0.25, -0.2) is 0 Å². The maximum atomic E-state index is 12.8. The van der Waals surface area contributed by atoms with Gasteiger partial charge in [0.2, 0.25) is 0 Å². The highest BCUT2D eigenvalue weighted by molar-refractivity contribution is 9.10.